The van der Waals surface area contributed by atoms with Crippen molar-refractivity contribution >= 4 is 5.78 Å². The minimum absolute atomic E-state index is 0.129. The van der Waals surface area contributed by atoms with Crippen LogP contribution in [0.15, 0.2) is 24.3 Å². The summed E-state index contributed by atoms with van der Waals surface area (Å²) in [5.41, 5.74) is 4.90. The van der Waals surface area contributed by atoms with Crippen LogP contribution in [0.1, 0.15) is 12.5 Å². The molecule has 0 saturated heterocycles. The lowest BCUT2D eigenvalue weighted by Crippen LogP contribution is -2.50. The van der Waals surface area contributed by atoms with Gasteiger partial charge in [0, 0.05) is 6.42 Å². The minimum atomic E-state index is -1.45. The quantitative estimate of drug-likeness (QED) is 0.786. The van der Waals surface area contributed by atoms with Gasteiger partial charge in [-0.2, -0.15) is 0 Å². The first kappa shape index (κ1) is 11.7. The number of ketones is 1. The lowest BCUT2D eigenvalue weighted by molar-refractivity contribution is -0.122. The number of carbonyl (C=O) groups excluding carboxylic acids is 1. The number of phenolic OH excluding ortho intramolecular Hbond substituents is 1. The Morgan fingerprint density at radius 2 is 2.00 bits per heavy atom. The van der Waals surface area contributed by atoms with E-state index in [2.05, 4.69) is 0 Å². The van der Waals surface area contributed by atoms with Crippen molar-refractivity contribution < 1.29 is 14.3 Å². The average Bonchev–Trinajstić information content (AvgIpc) is 2.21. The molecule has 1 rings (SSSR count). The summed E-state index contributed by atoms with van der Waals surface area (Å²) in [6.07, 6.45) is 0.138. The molecule has 0 radical (unpaired) electrons. The Morgan fingerprint density at radius 1 is 1.47 bits per heavy atom. The maximum absolute atomic E-state index is 12.7. The maximum Gasteiger partial charge on any atom is 0.152 e. The number of phenols is 1. The number of halogens is 1. The highest BCUT2D eigenvalue weighted by molar-refractivity contribution is 5.86. The summed E-state index contributed by atoms with van der Waals surface area (Å²) in [4.78, 5) is 11.2. The van der Waals surface area contributed by atoms with E-state index in [9.17, 15) is 9.18 Å². The second-order valence-corrected chi connectivity index (χ2v) is 3.69. The van der Waals surface area contributed by atoms with Crippen LogP contribution >= 0.6 is 0 Å². The van der Waals surface area contributed by atoms with Crippen LogP contribution in [0, 0.1) is 0 Å². The predicted octanol–water partition coefficient (Wildman–Crippen LogP) is 1.19. The largest absolute Gasteiger partial charge is 0.508 e. The second-order valence-electron chi connectivity index (χ2n) is 3.69. The topological polar surface area (TPSA) is 63.3 Å². The molecule has 15 heavy (non-hydrogen) atoms. The van der Waals surface area contributed by atoms with Crippen LogP contribution in [0.25, 0.3) is 0 Å². The zero-order valence-electron chi connectivity index (χ0n) is 8.53. The molecule has 3 N–H and O–H groups in total. The Bertz CT molecular complexity index is 350. The summed E-state index contributed by atoms with van der Waals surface area (Å²) in [7, 11) is 0. The summed E-state index contributed by atoms with van der Waals surface area (Å²) in [5, 5.41) is 9.05. The fourth-order valence-corrected chi connectivity index (χ4v) is 1.24. The monoisotopic (exact) mass is 211 g/mol. The van der Waals surface area contributed by atoms with E-state index in [-0.39, 0.29) is 18.0 Å². The number of nitrogens with two attached hydrogens (primary N) is 1. The summed E-state index contributed by atoms with van der Waals surface area (Å²) < 4.78 is 12.7. The molecule has 0 spiro atoms. The van der Waals surface area contributed by atoms with Crippen LogP contribution in [0.5, 0.6) is 5.75 Å². The molecular weight excluding hydrogens is 197 g/mol. The number of alkyl halides is 1. The van der Waals surface area contributed by atoms with Gasteiger partial charge in [0.15, 0.2) is 5.78 Å². The molecule has 0 bridgehead atoms. The third-order valence-corrected chi connectivity index (χ3v) is 2.40. The highest BCUT2D eigenvalue weighted by Gasteiger charge is 2.30. The molecule has 1 aromatic rings. The molecule has 82 valence electrons. The predicted molar refractivity (Wildman–Crippen MR) is 55.4 cm³/mol. The van der Waals surface area contributed by atoms with Crippen molar-refractivity contribution in [1.82, 2.24) is 0 Å². The van der Waals surface area contributed by atoms with Gasteiger partial charge in [-0.15, -0.1) is 0 Å². The SMILES string of the molecule is CC(=O)C(N)(CF)Cc1ccc(O)cc1. The Morgan fingerprint density at radius 3 is 2.40 bits per heavy atom. The standard InChI is InChI=1S/C11H14FNO2/c1-8(14)11(13,7-12)6-9-2-4-10(15)5-3-9/h2-5,15H,6-7,13H2,1H3. The van der Waals surface area contributed by atoms with Crippen molar-refractivity contribution in [2.75, 3.05) is 6.67 Å². The smallest absolute Gasteiger partial charge is 0.152 e. The van der Waals surface area contributed by atoms with Crippen molar-refractivity contribution in [1.29, 1.82) is 0 Å². The molecule has 0 aliphatic carbocycles. The molecule has 4 heteroatoms. The zero-order chi connectivity index (χ0) is 11.5. The molecule has 0 aliphatic rings. The van der Waals surface area contributed by atoms with Crippen molar-refractivity contribution in [3.8, 4) is 5.75 Å². The first-order valence-electron chi connectivity index (χ1n) is 4.62. The van der Waals surface area contributed by atoms with Crippen LogP contribution in [0.3, 0.4) is 0 Å². The first-order chi connectivity index (χ1) is 6.98. The van der Waals surface area contributed by atoms with Crippen molar-refractivity contribution in [3.05, 3.63) is 29.8 Å². The van der Waals surface area contributed by atoms with Gasteiger partial charge in [0.25, 0.3) is 0 Å². The lowest BCUT2D eigenvalue weighted by atomic mass is 9.89. The van der Waals surface area contributed by atoms with Crippen LogP contribution in [-0.2, 0) is 11.2 Å². The molecule has 0 heterocycles. The van der Waals surface area contributed by atoms with Gasteiger partial charge in [0.2, 0.25) is 0 Å². The van der Waals surface area contributed by atoms with Gasteiger partial charge in [-0.05, 0) is 24.6 Å². The Balaban J connectivity index is 2.84. The highest BCUT2D eigenvalue weighted by atomic mass is 19.1. The van der Waals surface area contributed by atoms with Gasteiger partial charge in [-0.1, -0.05) is 12.1 Å². The van der Waals surface area contributed by atoms with E-state index in [1.165, 1.54) is 19.1 Å². The number of hydrogen-bond acceptors (Lipinski definition) is 3. The molecule has 0 amide bonds. The normalized spacial score (nSPS) is 14.6. The van der Waals surface area contributed by atoms with E-state index in [0.29, 0.717) is 0 Å². The third-order valence-electron chi connectivity index (χ3n) is 2.40. The Labute approximate surface area is 87.7 Å². The van der Waals surface area contributed by atoms with E-state index in [4.69, 9.17) is 10.8 Å². The van der Waals surface area contributed by atoms with Gasteiger partial charge in [-0.3, -0.25) is 4.79 Å². The molecule has 1 unspecified atom stereocenters. The van der Waals surface area contributed by atoms with Gasteiger partial charge < -0.3 is 10.8 Å². The molecule has 1 aromatic carbocycles. The maximum atomic E-state index is 12.7. The molecule has 0 aromatic heterocycles. The molecule has 0 saturated carbocycles. The molecule has 3 nitrogen and oxygen atoms in total. The molecule has 0 aliphatic heterocycles. The second kappa shape index (κ2) is 4.40. The van der Waals surface area contributed by atoms with Crippen molar-refractivity contribution in [2.24, 2.45) is 5.73 Å². The molecule has 1 atom stereocenters. The number of hydrogen-bond donors (Lipinski definition) is 2. The Hall–Kier alpha value is -1.42. The summed E-state index contributed by atoms with van der Waals surface area (Å²) >= 11 is 0. The lowest BCUT2D eigenvalue weighted by Gasteiger charge is -2.22. The minimum Gasteiger partial charge on any atom is -0.508 e. The van der Waals surface area contributed by atoms with E-state index in [0.717, 1.165) is 5.56 Å². The number of carbonyl (C=O) groups is 1. The number of Topliss-reactive ketones (excluding diaryl/α,β-unsaturated/α-hetero) is 1. The van der Waals surface area contributed by atoms with Gasteiger partial charge in [0.05, 0.1) is 0 Å². The van der Waals surface area contributed by atoms with E-state index < -0.39 is 12.2 Å². The first-order valence-corrected chi connectivity index (χ1v) is 4.62. The molecule has 0 fully saturated rings. The third kappa shape index (κ3) is 2.76. The average molecular weight is 211 g/mol. The summed E-state index contributed by atoms with van der Waals surface area (Å²) in [6, 6.07) is 6.20. The Kier molecular flexibility index (Phi) is 3.42. The van der Waals surface area contributed by atoms with Gasteiger partial charge in [0.1, 0.15) is 18.0 Å². The zero-order valence-corrected chi connectivity index (χ0v) is 8.53. The summed E-state index contributed by atoms with van der Waals surface area (Å²) in [6.45, 7) is 0.392. The molecular formula is C11H14FNO2. The highest BCUT2D eigenvalue weighted by Crippen LogP contribution is 2.16. The van der Waals surface area contributed by atoms with E-state index in [1.807, 2.05) is 0 Å². The van der Waals surface area contributed by atoms with Gasteiger partial charge in [-0.25, -0.2) is 4.39 Å². The van der Waals surface area contributed by atoms with Crippen LogP contribution in [0.4, 0.5) is 4.39 Å². The van der Waals surface area contributed by atoms with Crippen LogP contribution in [0.2, 0.25) is 0 Å². The van der Waals surface area contributed by atoms with Crippen LogP contribution < -0.4 is 5.73 Å². The van der Waals surface area contributed by atoms with Crippen LogP contribution in [-0.4, -0.2) is 23.1 Å². The number of rotatable bonds is 4. The van der Waals surface area contributed by atoms with E-state index in [1.54, 1.807) is 12.1 Å². The van der Waals surface area contributed by atoms with E-state index >= 15 is 0 Å². The van der Waals surface area contributed by atoms with Gasteiger partial charge >= 0.3 is 0 Å². The van der Waals surface area contributed by atoms with Crippen molar-refractivity contribution in [3.63, 3.8) is 0 Å². The van der Waals surface area contributed by atoms with Crippen molar-refractivity contribution in [2.45, 2.75) is 18.9 Å². The number of benzene rings is 1. The fourth-order valence-electron chi connectivity index (χ4n) is 1.24. The fraction of sp³-hybridized carbons (Fsp3) is 0.364. The summed E-state index contributed by atoms with van der Waals surface area (Å²) in [5.74, 6) is -0.248. The number of aromatic hydroxyl groups is 1.